The molecule has 0 amide bonds. The molecule has 24 heavy (non-hydrogen) atoms. The van der Waals surface area contributed by atoms with E-state index in [-0.39, 0.29) is 0 Å². The van der Waals surface area contributed by atoms with Crippen molar-refractivity contribution in [3.05, 3.63) is 89.6 Å². The van der Waals surface area contributed by atoms with E-state index in [0.29, 0.717) is 5.92 Å². The Balaban J connectivity index is 1.90. The Hall–Kier alpha value is -2.80. The van der Waals surface area contributed by atoms with Gasteiger partial charge >= 0.3 is 0 Å². The molecule has 2 aromatic carbocycles. The van der Waals surface area contributed by atoms with Crippen LogP contribution in [0.2, 0.25) is 0 Å². The zero-order valence-corrected chi connectivity index (χ0v) is 13.9. The molecule has 1 aliphatic rings. The lowest BCUT2D eigenvalue weighted by molar-refractivity contribution is 0.826. The molecule has 0 bridgehead atoms. The highest BCUT2D eigenvalue weighted by atomic mass is 15.0. The van der Waals surface area contributed by atoms with E-state index in [2.05, 4.69) is 90.9 Å². The molecular weight excluding hydrogens is 290 g/mol. The number of allylic oxidation sites excluding steroid dienone is 2. The molecule has 0 saturated carbocycles. The molecule has 0 radical (unpaired) electrons. The van der Waals surface area contributed by atoms with Crippen molar-refractivity contribution in [1.29, 1.82) is 0 Å². The number of rotatable bonds is 3. The second-order valence-corrected chi connectivity index (χ2v) is 6.43. The standard InChI is InChI=1S/C23H21N/c1-3-18-7-6-8-19(15-18)16-24-22-10-5-4-9-20(22)21-13-11-17(2)12-14-23(21)24/h3-15,17H,1,16H2,2H3/t17-/m0/s1. The van der Waals surface area contributed by atoms with Crippen molar-refractivity contribution in [3.8, 4) is 0 Å². The van der Waals surface area contributed by atoms with Gasteiger partial charge in [-0.25, -0.2) is 0 Å². The van der Waals surface area contributed by atoms with Gasteiger partial charge in [-0.3, -0.25) is 0 Å². The lowest BCUT2D eigenvalue weighted by Gasteiger charge is -2.10. The van der Waals surface area contributed by atoms with Crippen molar-refractivity contribution in [2.75, 3.05) is 0 Å². The summed E-state index contributed by atoms with van der Waals surface area (Å²) in [5.41, 5.74) is 6.37. The summed E-state index contributed by atoms with van der Waals surface area (Å²) in [6.07, 6.45) is 11.0. The van der Waals surface area contributed by atoms with Crippen LogP contribution in [0, 0.1) is 5.92 Å². The fraction of sp³-hybridized carbons (Fsp3) is 0.130. The van der Waals surface area contributed by atoms with Crippen molar-refractivity contribution < 1.29 is 0 Å². The summed E-state index contributed by atoms with van der Waals surface area (Å²) in [4.78, 5) is 0. The Morgan fingerprint density at radius 2 is 1.88 bits per heavy atom. The topological polar surface area (TPSA) is 4.93 Å². The number of hydrogen-bond acceptors (Lipinski definition) is 0. The van der Waals surface area contributed by atoms with Gasteiger partial charge < -0.3 is 4.57 Å². The van der Waals surface area contributed by atoms with E-state index in [0.717, 1.165) is 6.54 Å². The Labute approximate surface area is 143 Å². The van der Waals surface area contributed by atoms with Crippen molar-refractivity contribution in [3.63, 3.8) is 0 Å². The molecule has 1 heterocycles. The van der Waals surface area contributed by atoms with Gasteiger partial charge in [-0.05, 0) is 35.3 Å². The normalized spacial score (nSPS) is 16.1. The maximum atomic E-state index is 3.88. The number of benzene rings is 2. The van der Waals surface area contributed by atoms with Crippen LogP contribution in [0.3, 0.4) is 0 Å². The summed E-state index contributed by atoms with van der Waals surface area (Å²) >= 11 is 0. The molecule has 1 heteroatoms. The van der Waals surface area contributed by atoms with Crippen molar-refractivity contribution in [2.45, 2.75) is 13.5 Å². The Morgan fingerprint density at radius 3 is 2.75 bits per heavy atom. The third kappa shape index (κ3) is 2.52. The Morgan fingerprint density at radius 1 is 1.04 bits per heavy atom. The molecule has 1 atom stereocenters. The van der Waals surface area contributed by atoms with E-state index in [1.807, 2.05) is 6.08 Å². The summed E-state index contributed by atoms with van der Waals surface area (Å²) in [6, 6.07) is 17.3. The van der Waals surface area contributed by atoms with Gasteiger partial charge in [0, 0.05) is 28.7 Å². The van der Waals surface area contributed by atoms with E-state index in [9.17, 15) is 0 Å². The Bertz CT molecular complexity index is 969. The quantitative estimate of drug-likeness (QED) is 0.558. The molecule has 0 N–H and O–H groups in total. The smallest absolute Gasteiger partial charge is 0.0494 e. The summed E-state index contributed by atoms with van der Waals surface area (Å²) in [7, 11) is 0. The summed E-state index contributed by atoms with van der Waals surface area (Å²) in [5, 5.41) is 1.32. The van der Waals surface area contributed by atoms with Gasteiger partial charge in [-0.2, -0.15) is 0 Å². The van der Waals surface area contributed by atoms with Gasteiger partial charge in [0.1, 0.15) is 0 Å². The molecule has 0 aliphatic heterocycles. The predicted molar refractivity (Wildman–Crippen MR) is 105 cm³/mol. The highest BCUT2D eigenvalue weighted by Gasteiger charge is 2.15. The number of nitrogens with zero attached hydrogens (tertiary/aromatic N) is 1. The van der Waals surface area contributed by atoms with Crippen LogP contribution in [0.1, 0.15) is 29.3 Å². The van der Waals surface area contributed by atoms with Crippen molar-refractivity contribution in [2.24, 2.45) is 5.92 Å². The highest BCUT2D eigenvalue weighted by Crippen LogP contribution is 2.31. The maximum absolute atomic E-state index is 3.88. The fourth-order valence-corrected chi connectivity index (χ4v) is 3.43. The molecule has 0 saturated heterocycles. The number of para-hydroxylation sites is 1. The summed E-state index contributed by atoms with van der Waals surface area (Å²) in [5.74, 6) is 0.466. The van der Waals surface area contributed by atoms with Crippen LogP contribution in [0.25, 0.3) is 29.1 Å². The minimum absolute atomic E-state index is 0.466. The molecule has 1 aromatic heterocycles. The van der Waals surface area contributed by atoms with Crippen LogP contribution in [0.5, 0.6) is 0 Å². The average Bonchev–Trinajstić information content (AvgIpc) is 2.77. The predicted octanol–water partition coefficient (Wildman–Crippen LogP) is 6.01. The number of fused-ring (bicyclic) bond motifs is 3. The van der Waals surface area contributed by atoms with Gasteiger partial charge in [-0.15, -0.1) is 0 Å². The van der Waals surface area contributed by atoms with Gasteiger partial charge in [0.2, 0.25) is 0 Å². The van der Waals surface area contributed by atoms with Crippen LogP contribution in [-0.2, 0) is 6.54 Å². The first kappa shape index (κ1) is 14.8. The average molecular weight is 311 g/mol. The van der Waals surface area contributed by atoms with Crippen LogP contribution in [-0.4, -0.2) is 4.57 Å². The van der Waals surface area contributed by atoms with Gasteiger partial charge in [-0.1, -0.05) is 74.2 Å². The van der Waals surface area contributed by atoms with Gasteiger partial charge in [0.05, 0.1) is 0 Å². The Kier molecular flexibility index (Phi) is 3.70. The summed E-state index contributed by atoms with van der Waals surface area (Å²) in [6.45, 7) is 6.97. The van der Waals surface area contributed by atoms with E-state index in [1.165, 1.54) is 33.3 Å². The van der Waals surface area contributed by atoms with Crippen LogP contribution < -0.4 is 0 Å². The van der Waals surface area contributed by atoms with E-state index in [4.69, 9.17) is 0 Å². The first-order chi connectivity index (χ1) is 11.8. The minimum Gasteiger partial charge on any atom is -0.336 e. The highest BCUT2D eigenvalue weighted by molar-refractivity contribution is 5.94. The first-order valence-electron chi connectivity index (χ1n) is 8.45. The second-order valence-electron chi connectivity index (χ2n) is 6.43. The number of aromatic nitrogens is 1. The van der Waals surface area contributed by atoms with Gasteiger partial charge in [0.25, 0.3) is 0 Å². The molecule has 1 nitrogen and oxygen atoms in total. The molecular formula is C23H21N. The van der Waals surface area contributed by atoms with E-state index in [1.54, 1.807) is 0 Å². The van der Waals surface area contributed by atoms with Crippen LogP contribution in [0.15, 0.2) is 67.3 Å². The minimum atomic E-state index is 0.466. The molecule has 0 unspecified atom stereocenters. The monoisotopic (exact) mass is 311 g/mol. The third-order valence-corrected chi connectivity index (χ3v) is 4.70. The third-order valence-electron chi connectivity index (χ3n) is 4.70. The largest absolute Gasteiger partial charge is 0.336 e. The molecule has 118 valence electrons. The van der Waals surface area contributed by atoms with E-state index < -0.39 is 0 Å². The molecule has 4 rings (SSSR count). The second kappa shape index (κ2) is 6.01. The van der Waals surface area contributed by atoms with Crippen LogP contribution >= 0.6 is 0 Å². The number of hydrogen-bond donors (Lipinski definition) is 0. The SMILES string of the molecule is C=Cc1cccc(Cn2c3c(c4ccccc42)C=C[C@H](C)C=C3)c1. The summed E-state index contributed by atoms with van der Waals surface area (Å²) < 4.78 is 2.42. The van der Waals surface area contributed by atoms with E-state index >= 15 is 0 Å². The molecule has 3 aromatic rings. The maximum Gasteiger partial charge on any atom is 0.0494 e. The van der Waals surface area contributed by atoms with Gasteiger partial charge in [0.15, 0.2) is 0 Å². The zero-order chi connectivity index (χ0) is 16.5. The lowest BCUT2D eigenvalue weighted by atomic mass is 10.1. The molecule has 0 fully saturated rings. The molecule has 1 aliphatic carbocycles. The first-order valence-corrected chi connectivity index (χ1v) is 8.45. The van der Waals surface area contributed by atoms with Crippen molar-refractivity contribution >= 4 is 29.1 Å². The zero-order valence-electron chi connectivity index (χ0n) is 13.9. The van der Waals surface area contributed by atoms with Crippen molar-refractivity contribution in [1.82, 2.24) is 4.57 Å². The van der Waals surface area contributed by atoms with Crippen LogP contribution in [0.4, 0.5) is 0 Å². The molecule has 0 spiro atoms. The lowest BCUT2D eigenvalue weighted by Crippen LogP contribution is -2.02. The fourth-order valence-electron chi connectivity index (χ4n) is 3.43.